The minimum atomic E-state index is -0.954. The summed E-state index contributed by atoms with van der Waals surface area (Å²) in [6.45, 7) is 6.58. The molecule has 1 N–H and O–H groups in total. The molecule has 0 radical (unpaired) electrons. The molecule has 226 valence electrons. The van der Waals surface area contributed by atoms with Crippen molar-refractivity contribution in [2.45, 2.75) is 181 Å². The van der Waals surface area contributed by atoms with E-state index >= 15 is 0 Å². The first-order valence-corrected chi connectivity index (χ1v) is 16.4. The number of ether oxygens (including phenoxy) is 2. The maximum atomic E-state index is 11.9. The third kappa shape index (κ3) is 29.5. The highest BCUT2D eigenvalue weighted by Crippen LogP contribution is 2.14. The Balaban J connectivity index is 3.41. The van der Waals surface area contributed by atoms with E-state index < -0.39 is 6.10 Å². The van der Waals surface area contributed by atoms with Crippen molar-refractivity contribution in [3.05, 3.63) is 0 Å². The first-order valence-electron chi connectivity index (χ1n) is 16.4. The molecule has 0 fully saturated rings. The molecule has 0 aromatic heterocycles. The number of aliphatic hydroxyl groups excluding tert-OH is 1. The number of unbranched alkanes of at least 4 members (excludes halogenated alkanes) is 19. The molecule has 0 aromatic rings. The van der Waals surface area contributed by atoms with Crippen LogP contribution >= 0.6 is 0 Å². The van der Waals surface area contributed by atoms with Crippen LogP contribution in [-0.2, 0) is 19.1 Å². The van der Waals surface area contributed by atoms with E-state index in [1.807, 2.05) is 0 Å². The van der Waals surface area contributed by atoms with Crippen molar-refractivity contribution in [2.24, 2.45) is 5.92 Å². The average Bonchev–Trinajstić information content (AvgIpc) is 2.89. The molecule has 1 atom stereocenters. The summed E-state index contributed by atoms with van der Waals surface area (Å²) in [5.41, 5.74) is 0. The molecule has 0 bridgehead atoms. The Labute approximate surface area is 236 Å². The molecule has 0 saturated carbocycles. The van der Waals surface area contributed by atoms with Gasteiger partial charge in [0.2, 0.25) is 0 Å². The van der Waals surface area contributed by atoms with E-state index in [4.69, 9.17) is 9.47 Å². The van der Waals surface area contributed by atoms with Gasteiger partial charge in [-0.05, 0) is 18.8 Å². The molecule has 0 aromatic carbocycles. The van der Waals surface area contributed by atoms with Crippen LogP contribution in [0.25, 0.3) is 0 Å². The lowest BCUT2D eigenvalue weighted by molar-refractivity contribution is -0.152. The van der Waals surface area contributed by atoms with Crippen molar-refractivity contribution in [3.8, 4) is 0 Å². The summed E-state index contributed by atoms with van der Waals surface area (Å²) in [6, 6.07) is 0. The summed E-state index contributed by atoms with van der Waals surface area (Å²) in [5, 5.41) is 9.93. The molecule has 0 aliphatic heterocycles. The van der Waals surface area contributed by atoms with Gasteiger partial charge in [-0.15, -0.1) is 0 Å². The predicted octanol–water partition coefficient (Wildman–Crippen LogP) is 9.47. The van der Waals surface area contributed by atoms with Crippen LogP contribution < -0.4 is 0 Å². The zero-order chi connectivity index (χ0) is 28.1. The Morgan fingerprint density at radius 2 is 0.842 bits per heavy atom. The number of esters is 2. The van der Waals surface area contributed by atoms with Crippen molar-refractivity contribution in [2.75, 3.05) is 13.2 Å². The number of rotatable bonds is 29. The van der Waals surface area contributed by atoms with Gasteiger partial charge in [0, 0.05) is 12.8 Å². The van der Waals surface area contributed by atoms with Crippen LogP contribution in [0.4, 0.5) is 0 Å². The quantitative estimate of drug-likeness (QED) is 0.0755. The van der Waals surface area contributed by atoms with Crippen LogP contribution in [-0.4, -0.2) is 36.4 Å². The van der Waals surface area contributed by atoms with Gasteiger partial charge in [0.05, 0.1) is 0 Å². The van der Waals surface area contributed by atoms with Crippen LogP contribution in [0.1, 0.15) is 175 Å². The molecular formula is C33H64O5. The lowest BCUT2D eigenvalue weighted by Gasteiger charge is -2.12. The van der Waals surface area contributed by atoms with Crippen LogP contribution in [0.15, 0.2) is 0 Å². The van der Waals surface area contributed by atoms with E-state index in [1.54, 1.807) is 0 Å². The second kappa shape index (κ2) is 28.9. The Kier molecular flexibility index (Phi) is 28.1. The van der Waals surface area contributed by atoms with Gasteiger partial charge in [0.1, 0.15) is 19.3 Å². The highest BCUT2D eigenvalue weighted by molar-refractivity contribution is 5.69. The Morgan fingerprint density at radius 3 is 1.18 bits per heavy atom. The zero-order valence-corrected chi connectivity index (χ0v) is 25.6. The molecule has 0 aliphatic carbocycles. The number of hydrogen-bond acceptors (Lipinski definition) is 5. The van der Waals surface area contributed by atoms with Crippen molar-refractivity contribution in [1.29, 1.82) is 0 Å². The lowest BCUT2D eigenvalue weighted by atomic mass is 10.0. The molecule has 38 heavy (non-hydrogen) atoms. The number of carbonyl (C=O) groups excluding carboxylic acids is 2. The van der Waals surface area contributed by atoms with Gasteiger partial charge in [-0.25, -0.2) is 0 Å². The average molecular weight is 541 g/mol. The summed E-state index contributed by atoms with van der Waals surface area (Å²) in [4.78, 5) is 23.7. The normalized spacial score (nSPS) is 12.1. The van der Waals surface area contributed by atoms with Crippen molar-refractivity contribution in [3.63, 3.8) is 0 Å². The van der Waals surface area contributed by atoms with E-state index in [1.165, 1.54) is 109 Å². The first-order chi connectivity index (χ1) is 18.5. The minimum Gasteiger partial charge on any atom is -0.463 e. The van der Waals surface area contributed by atoms with E-state index in [0.29, 0.717) is 12.8 Å². The fourth-order valence-electron chi connectivity index (χ4n) is 4.74. The Morgan fingerprint density at radius 1 is 0.526 bits per heavy atom. The highest BCUT2D eigenvalue weighted by Gasteiger charge is 2.12. The van der Waals surface area contributed by atoms with Crippen LogP contribution in [0, 0.1) is 5.92 Å². The monoisotopic (exact) mass is 540 g/mol. The molecule has 5 nitrogen and oxygen atoms in total. The van der Waals surface area contributed by atoms with Gasteiger partial charge < -0.3 is 14.6 Å². The zero-order valence-electron chi connectivity index (χ0n) is 25.6. The standard InChI is InChI=1S/C33H64O5/c1-4-5-6-7-8-9-10-11-12-13-14-17-20-23-26-32(35)37-28-31(34)29-38-33(36)27-24-21-18-15-16-19-22-25-30(2)3/h30-31,34H,4-29H2,1-3H3/t31-/m1/s1. The minimum absolute atomic E-state index is 0.110. The lowest BCUT2D eigenvalue weighted by Crippen LogP contribution is -2.25. The number of hydrogen-bond donors (Lipinski definition) is 1. The van der Waals surface area contributed by atoms with Gasteiger partial charge in [0.15, 0.2) is 0 Å². The molecule has 0 unspecified atom stereocenters. The van der Waals surface area contributed by atoms with Crippen molar-refractivity contribution < 1.29 is 24.2 Å². The van der Waals surface area contributed by atoms with Crippen molar-refractivity contribution in [1.82, 2.24) is 0 Å². The van der Waals surface area contributed by atoms with Gasteiger partial charge in [-0.3, -0.25) is 9.59 Å². The van der Waals surface area contributed by atoms with Gasteiger partial charge in [0.25, 0.3) is 0 Å². The summed E-state index contributed by atoms with van der Waals surface area (Å²) >= 11 is 0. The fourth-order valence-corrected chi connectivity index (χ4v) is 4.74. The van der Waals surface area contributed by atoms with Gasteiger partial charge in [-0.1, -0.05) is 149 Å². The van der Waals surface area contributed by atoms with E-state index in [2.05, 4.69) is 20.8 Å². The Hall–Kier alpha value is -1.10. The third-order valence-corrected chi connectivity index (χ3v) is 7.27. The van der Waals surface area contributed by atoms with E-state index in [9.17, 15) is 14.7 Å². The summed E-state index contributed by atoms with van der Waals surface area (Å²) < 4.78 is 10.3. The topological polar surface area (TPSA) is 72.8 Å². The third-order valence-electron chi connectivity index (χ3n) is 7.27. The predicted molar refractivity (Wildman–Crippen MR) is 159 cm³/mol. The summed E-state index contributed by atoms with van der Waals surface area (Å²) in [7, 11) is 0. The van der Waals surface area contributed by atoms with Gasteiger partial charge in [-0.2, -0.15) is 0 Å². The smallest absolute Gasteiger partial charge is 0.305 e. The molecular weight excluding hydrogens is 476 g/mol. The summed E-state index contributed by atoms with van der Waals surface area (Å²) in [6.07, 6.45) is 27.3. The molecule has 0 rings (SSSR count). The fraction of sp³-hybridized carbons (Fsp3) is 0.939. The molecule has 0 aliphatic rings. The van der Waals surface area contributed by atoms with Crippen molar-refractivity contribution >= 4 is 11.9 Å². The van der Waals surface area contributed by atoms with Gasteiger partial charge >= 0.3 is 11.9 Å². The first kappa shape index (κ1) is 36.9. The number of aliphatic hydroxyl groups is 1. The number of carbonyl (C=O) groups is 2. The Bertz CT molecular complexity index is 520. The molecule has 5 heteroatoms. The van der Waals surface area contributed by atoms with Crippen LogP contribution in [0.3, 0.4) is 0 Å². The maximum absolute atomic E-state index is 11.9. The molecule has 0 amide bonds. The van der Waals surface area contributed by atoms with Crippen LogP contribution in [0.2, 0.25) is 0 Å². The largest absolute Gasteiger partial charge is 0.463 e. The second-order valence-electron chi connectivity index (χ2n) is 11.8. The maximum Gasteiger partial charge on any atom is 0.305 e. The highest BCUT2D eigenvalue weighted by atomic mass is 16.6. The molecule has 0 saturated heterocycles. The molecule has 0 heterocycles. The molecule has 0 spiro atoms. The van der Waals surface area contributed by atoms with Crippen LogP contribution in [0.5, 0.6) is 0 Å². The van der Waals surface area contributed by atoms with E-state index in [-0.39, 0.29) is 25.2 Å². The summed E-state index contributed by atoms with van der Waals surface area (Å²) in [5.74, 6) is 0.235. The SMILES string of the molecule is CCCCCCCCCCCCCCCCC(=O)OC[C@@H](O)COC(=O)CCCCCCCCCC(C)C. The van der Waals surface area contributed by atoms with E-state index in [0.717, 1.165) is 38.0 Å². The second-order valence-corrected chi connectivity index (χ2v) is 11.8.